The molecule has 1 aliphatic carbocycles. The molecule has 3 atom stereocenters. The van der Waals surface area contributed by atoms with Crippen LogP contribution < -0.4 is 5.32 Å². The molecule has 2 nitrogen and oxygen atoms in total. The molecule has 1 heterocycles. The van der Waals surface area contributed by atoms with Crippen molar-refractivity contribution in [1.29, 1.82) is 0 Å². The molecule has 1 fully saturated rings. The molecule has 4 rings (SSSR count). The van der Waals surface area contributed by atoms with Crippen molar-refractivity contribution in [3.63, 3.8) is 0 Å². The van der Waals surface area contributed by atoms with Gasteiger partial charge in [0.25, 0.3) is 0 Å². The van der Waals surface area contributed by atoms with Gasteiger partial charge in [0.15, 0.2) is 0 Å². The normalized spacial score (nSPS) is 27.4. The predicted octanol–water partition coefficient (Wildman–Crippen LogP) is 3.44. The number of carbonyl (C=O) groups excluding carboxylic acids is 1. The summed E-state index contributed by atoms with van der Waals surface area (Å²) in [6.07, 6.45) is 1.75. The molecule has 0 spiro atoms. The maximum atomic E-state index is 11.8. The summed E-state index contributed by atoms with van der Waals surface area (Å²) in [7, 11) is 0. The number of hydrogen-bond donors (Lipinski definition) is 1. The van der Waals surface area contributed by atoms with E-state index in [1.54, 1.807) is 0 Å². The highest BCUT2D eigenvalue weighted by atomic mass is 16.1. The van der Waals surface area contributed by atoms with Gasteiger partial charge in [0, 0.05) is 24.8 Å². The molecular formula is C19H19NO. The van der Waals surface area contributed by atoms with Gasteiger partial charge in [0.1, 0.15) is 0 Å². The summed E-state index contributed by atoms with van der Waals surface area (Å²) >= 11 is 0. The van der Waals surface area contributed by atoms with Crippen LogP contribution in [0, 0.1) is 5.92 Å². The molecule has 1 aliphatic heterocycles. The van der Waals surface area contributed by atoms with Crippen LogP contribution in [0.2, 0.25) is 0 Å². The molecule has 0 aromatic heterocycles. The average molecular weight is 277 g/mol. The number of nitrogens with one attached hydrogen (secondary N) is 1. The van der Waals surface area contributed by atoms with Crippen molar-refractivity contribution in [1.82, 2.24) is 5.32 Å². The molecule has 106 valence electrons. The molecular weight excluding hydrogens is 258 g/mol. The first-order chi connectivity index (χ1) is 10.3. The summed E-state index contributed by atoms with van der Waals surface area (Å²) in [5.74, 6) is 1.59. The van der Waals surface area contributed by atoms with Crippen LogP contribution in [0.5, 0.6) is 0 Å². The van der Waals surface area contributed by atoms with E-state index in [1.807, 2.05) is 0 Å². The lowest BCUT2D eigenvalue weighted by molar-refractivity contribution is -0.124. The molecule has 2 aromatic carbocycles. The highest BCUT2D eigenvalue weighted by Crippen LogP contribution is 2.47. The van der Waals surface area contributed by atoms with Crippen molar-refractivity contribution in [3.8, 4) is 0 Å². The van der Waals surface area contributed by atoms with Crippen LogP contribution in [0.15, 0.2) is 54.6 Å². The first kappa shape index (κ1) is 12.6. The standard InChI is InChI=1S/C19H19NO/c21-19-11-14-10-17(13-6-2-1-3-7-13)15-8-4-5-9-16(15)18(14)12-20-19/h1-9,14,17-18H,10-12H2,(H,20,21). The molecule has 1 saturated heterocycles. The molecule has 2 aromatic rings. The summed E-state index contributed by atoms with van der Waals surface area (Å²) in [5, 5.41) is 3.04. The first-order valence-corrected chi connectivity index (χ1v) is 7.73. The topological polar surface area (TPSA) is 29.1 Å². The first-order valence-electron chi connectivity index (χ1n) is 7.73. The van der Waals surface area contributed by atoms with E-state index in [-0.39, 0.29) is 5.91 Å². The van der Waals surface area contributed by atoms with Crippen LogP contribution in [-0.2, 0) is 4.79 Å². The van der Waals surface area contributed by atoms with Gasteiger partial charge in [-0.2, -0.15) is 0 Å². The lowest BCUT2D eigenvalue weighted by atomic mass is 9.66. The third-order valence-corrected chi connectivity index (χ3v) is 5.05. The van der Waals surface area contributed by atoms with E-state index in [0.29, 0.717) is 24.2 Å². The van der Waals surface area contributed by atoms with Crippen molar-refractivity contribution in [3.05, 3.63) is 71.3 Å². The van der Waals surface area contributed by atoms with E-state index in [2.05, 4.69) is 59.9 Å². The third kappa shape index (κ3) is 2.15. The number of amides is 1. The fraction of sp³-hybridized carbons (Fsp3) is 0.316. The predicted molar refractivity (Wildman–Crippen MR) is 83.2 cm³/mol. The lowest BCUT2D eigenvalue weighted by Gasteiger charge is -2.41. The van der Waals surface area contributed by atoms with Crippen LogP contribution in [0.25, 0.3) is 0 Å². The fourth-order valence-electron chi connectivity index (χ4n) is 4.05. The molecule has 2 aliphatic rings. The number of fused-ring (bicyclic) bond motifs is 3. The Bertz CT molecular complexity index is 664. The minimum Gasteiger partial charge on any atom is -0.355 e. The Labute approximate surface area is 125 Å². The van der Waals surface area contributed by atoms with Crippen molar-refractivity contribution >= 4 is 5.91 Å². The smallest absolute Gasteiger partial charge is 0.220 e. The zero-order valence-corrected chi connectivity index (χ0v) is 12.0. The molecule has 0 bridgehead atoms. The molecule has 3 unspecified atom stereocenters. The molecule has 1 N–H and O–H groups in total. The lowest BCUT2D eigenvalue weighted by Crippen LogP contribution is -2.42. The minimum atomic E-state index is 0.211. The number of benzene rings is 2. The van der Waals surface area contributed by atoms with Crippen LogP contribution in [0.3, 0.4) is 0 Å². The van der Waals surface area contributed by atoms with Crippen molar-refractivity contribution in [2.45, 2.75) is 24.7 Å². The largest absolute Gasteiger partial charge is 0.355 e. The van der Waals surface area contributed by atoms with Crippen LogP contribution >= 0.6 is 0 Å². The Kier molecular flexibility index (Phi) is 3.03. The van der Waals surface area contributed by atoms with Gasteiger partial charge in [-0.25, -0.2) is 0 Å². The highest BCUT2D eigenvalue weighted by Gasteiger charge is 2.38. The summed E-state index contributed by atoms with van der Waals surface area (Å²) in [4.78, 5) is 11.8. The summed E-state index contributed by atoms with van der Waals surface area (Å²) in [5.41, 5.74) is 4.25. The maximum absolute atomic E-state index is 11.8. The SMILES string of the molecule is O=C1CC2CC(c3ccccc3)c3ccccc3C2CN1. The Morgan fingerprint density at radius 3 is 2.43 bits per heavy atom. The average Bonchev–Trinajstić information content (AvgIpc) is 2.54. The van der Waals surface area contributed by atoms with Gasteiger partial charge in [-0.1, -0.05) is 54.6 Å². The van der Waals surface area contributed by atoms with Crippen LogP contribution in [-0.4, -0.2) is 12.5 Å². The van der Waals surface area contributed by atoms with E-state index in [4.69, 9.17) is 0 Å². The minimum absolute atomic E-state index is 0.211. The van der Waals surface area contributed by atoms with Gasteiger partial charge in [-0.15, -0.1) is 0 Å². The zero-order valence-electron chi connectivity index (χ0n) is 12.0. The van der Waals surface area contributed by atoms with Gasteiger partial charge < -0.3 is 5.32 Å². The van der Waals surface area contributed by atoms with Crippen LogP contribution in [0.1, 0.15) is 41.4 Å². The summed E-state index contributed by atoms with van der Waals surface area (Å²) < 4.78 is 0. The van der Waals surface area contributed by atoms with Gasteiger partial charge in [0.2, 0.25) is 5.91 Å². The van der Waals surface area contributed by atoms with E-state index in [0.717, 1.165) is 13.0 Å². The Hall–Kier alpha value is -2.09. The Morgan fingerprint density at radius 1 is 0.905 bits per heavy atom. The van der Waals surface area contributed by atoms with Gasteiger partial charge in [0.05, 0.1) is 0 Å². The molecule has 0 radical (unpaired) electrons. The monoisotopic (exact) mass is 277 g/mol. The molecule has 0 saturated carbocycles. The number of carbonyl (C=O) groups is 1. The molecule has 1 amide bonds. The van der Waals surface area contributed by atoms with E-state index < -0.39 is 0 Å². The van der Waals surface area contributed by atoms with Gasteiger partial charge in [-0.3, -0.25) is 4.79 Å². The van der Waals surface area contributed by atoms with Crippen LogP contribution in [0.4, 0.5) is 0 Å². The third-order valence-electron chi connectivity index (χ3n) is 5.05. The van der Waals surface area contributed by atoms with E-state index in [9.17, 15) is 4.79 Å². The van der Waals surface area contributed by atoms with E-state index >= 15 is 0 Å². The van der Waals surface area contributed by atoms with Crippen molar-refractivity contribution in [2.24, 2.45) is 5.92 Å². The quantitative estimate of drug-likeness (QED) is 0.850. The van der Waals surface area contributed by atoms with Crippen molar-refractivity contribution < 1.29 is 4.79 Å². The fourth-order valence-corrected chi connectivity index (χ4v) is 4.05. The van der Waals surface area contributed by atoms with Crippen molar-refractivity contribution in [2.75, 3.05) is 6.54 Å². The number of hydrogen-bond acceptors (Lipinski definition) is 1. The molecule has 2 heteroatoms. The Morgan fingerprint density at radius 2 is 1.62 bits per heavy atom. The second kappa shape index (κ2) is 5.03. The second-order valence-electron chi connectivity index (χ2n) is 6.20. The maximum Gasteiger partial charge on any atom is 0.220 e. The summed E-state index contributed by atoms with van der Waals surface area (Å²) in [6.45, 7) is 0.794. The summed E-state index contributed by atoms with van der Waals surface area (Å²) in [6, 6.07) is 19.5. The highest BCUT2D eigenvalue weighted by molar-refractivity contribution is 5.77. The number of piperidine rings is 1. The second-order valence-corrected chi connectivity index (χ2v) is 6.20. The number of rotatable bonds is 1. The van der Waals surface area contributed by atoms with E-state index in [1.165, 1.54) is 16.7 Å². The van der Waals surface area contributed by atoms with Gasteiger partial charge in [-0.05, 0) is 29.0 Å². The molecule has 21 heavy (non-hydrogen) atoms. The Balaban J connectivity index is 1.80. The zero-order chi connectivity index (χ0) is 14.2. The van der Waals surface area contributed by atoms with Gasteiger partial charge >= 0.3 is 0 Å².